The van der Waals surface area contributed by atoms with Crippen LogP contribution in [0.2, 0.25) is 0 Å². The number of benzene rings is 5. The fourth-order valence-corrected chi connectivity index (χ4v) is 5.50. The van der Waals surface area contributed by atoms with Crippen LogP contribution in [0.3, 0.4) is 0 Å². The van der Waals surface area contributed by atoms with Gasteiger partial charge in [-0.05, 0) is 54.4 Å². The predicted octanol–water partition coefficient (Wildman–Crippen LogP) is 8.37. The maximum Gasteiger partial charge on any atom is 0.196 e. The molecule has 0 spiro atoms. The molecule has 0 radical (unpaired) electrons. The van der Waals surface area contributed by atoms with Crippen molar-refractivity contribution < 1.29 is 19.7 Å². The van der Waals surface area contributed by atoms with E-state index in [-0.39, 0.29) is 17.3 Å². The molecule has 0 aliphatic heterocycles. The lowest BCUT2D eigenvalue weighted by atomic mass is 9.81. The number of carbonyl (C=O) groups excluding carboxylic acids is 1. The van der Waals surface area contributed by atoms with Gasteiger partial charge in [0, 0.05) is 46.1 Å². The first-order valence-corrected chi connectivity index (χ1v) is 13.2. The van der Waals surface area contributed by atoms with Crippen LogP contribution in [0.25, 0.3) is 33.2 Å². The number of aromatic nitrogens is 1. The number of pyridine rings is 1. The first-order valence-electron chi connectivity index (χ1n) is 13.2. The number of hydrogen-bond donors (Lipinski definition) is 3. The lowest BCUT2D eigenvalue weighted by Crippen LogP contribution is -2.14. The van der Waals surface area contributed by atoms with E-state index < -0.39 is 0 Å². The minimum absolute atomic E-state index is 0.0660. The number of aromatic hydroxyl groups is 2. The molecule has 5 aromatic carbocycles. The van der Waals surface area contributed by atoms with E-state index in [0.717, 1.165) is 22.4 Å². The maximum absolute atomic E-state index is 14.2. The summed E-state index contributed by atoms with van der Waals surface area (Å²) in [6.07, 6.45) is 1.74. The van der Waals surface area contributed by atoms with Gasteiger partial charge in [-0.2, -0.15) is 0 Å². The zero-order valence-electron chi connectivity index (χ0n) is 22.1. The first kappa shape index (κ1) is 24.4. The number of phenols is 2. The van der Waals surface area contributed by atoms with Gasteiger partial charge in [-0.3, -0.25) is 9.78 Å². The SMILES string of the molecule is Cc1cccc(Oc2cc(Nc3ccccc3)c3c4c(cnc(-c5ccc(O)cc5O)c24)-c2ccccc2C3=O)c1. The smallest absolute Gasteiger partial charge is 0.196 e. The van der Waals surface area contributed by atoms with Gasteiger partial charge in [-0.25, -0.2) is 0 Å². The summed E-state index contributed by atoms with van der Waals surface area (Å²) in [5, 5.41) is 25.6. The summed E-state index contributed by atoms with van der Waals surface area (Å²) in [7, 11) is 0. The van der Waals surface area contributed by atoms with E-state index in [1.54, 1.807) is 12.3 Å². The molecule has 1 aliphatic carbocycles. The number of aryl methyl sites for hydroxylation is 1. The van der Waals surface area contributed by atoms with Gasteiger partial charge in [-0.1, -0.05) is 54.6 Å². The van der Waals surface area contributed by atoms with Crippen LogP contribution in [-0.2, 0) is 0 Å². The van der Waals surface area contributed by atoms with Gasteiger partial charge in [0.1, 0.15) is 23.0 Å². The maximum atomic E-state index is 14.2. The third-order valence-corrected chi connectivity index (χ3v) is 7.32. The summed E-state index contributed by atoms with van der Waals surface area (Å²) in [5.74, 6) is 0.774. The summed E-state index contributed by atoms with van der Waals surface area (Å²) in [6.45, 7) is 1.99. The third kappa shape index (κ3) is 4.13. The van der Waals surface area contributed by atoms with E-state index in [4.69, 9.17) is 9.72 Å². The molecule has 1 aliphatic rings. The highest BCUT2D eigenvalue weighted by Crippen LogP contribution is 2.50. The quantitative estimate of drug-likeness (QED) is 0.205. The van der Waals surface area contributed by atoms with E-state index in [9.17, 15) is 15.0 Å². The Morgan fingerprint density at radius 2 is 1.51 bits per heavy atom. The number of anilines is 2. The van der Waals surface area contributed by atoms with E-state index >= 15 is 0 Å². The molecule has 6 nitrogen and oxygen atoms in total. The molecular formula is C35H24N2O4. The molecule has 3 N–H and O–H groups in total. The second kappa shape index (κ2) is 9.54. The minimum atomic E-state index is -0.134. The van der Waals surface area contributed by atoms with Gasteiger partial charge in [0.05, 0.1) is 22.3 Å². The van der Waals surface area contributed by atoms with Crippen LogP contribution in [0.4, 0.5) is 11.4 Å². The van der Waals surface area contributed by atoms with Gasteiger partial charge >= 0.3 is 0 Å². The Hall–Kier alpha value is -5.62. The number of fused-ring (bicyclic) bond motifs is 2. The Bertz CT molecular complexity index is 2000. The number of ketones is 1. The van der Waals surface area contributed by atoms with Crippen LogP contribution < -0.4 is 10.1 Å². The Morgan fingerprint density at radius 1 is 0.732 bits per heavy atom. The number of phenolic OH excluding ortho intramolecular Hbond substituents is 2. The van der Waals surface area contributed by atoms with Crippen molar-refractivity contribution in [3.05, 3.63) is 126 Å². The summed E-state index contributed by atoms with van der Waals surface area (Å²) >= 11 is 0. The number of ether oxygens (including phenoxy) is 1. The van der Waals surface area contributed by atoms with Crippen molar-refractivity contribution in [2.45, 2.75) is 6.92 Å². The molecule has 0 saturated carbocycles. The number of nitrogens with one attached hydrogen (secondary N) is 1. The van der Waals surface area contributed by atoms with Crippen molar-refractivity contribution in [1.29, 1.82) is 0 Å². The summed E-state index contributed by atoms with van der Waals surface area (Å²) in [4.78, 5) is 19.0. The van der Waals surface area contributed by atoms with Crippen molar-refractivity contribution in [3.8, 4) is 45.4 Å². The molecule has 0 saturated heterocycles. The topological polar surface area (TPSA) is 91.7 Å². The first-order chi connectivity index (χ1) is 20.0. The fourth-order valence-electron chi connectivity index (χ4n) is 5.50. The Labute approximate surface area is 236 Å². The molecule has 0 atom stereocenters. The van der Waals surface area contributed by atoms with Crippen LogP contribution in [0.1, 0.15) is 21.5 Å². The summed E-state index contributed by atoms with van der Waals surface area (Å²) < 4.78 is 6.56. The van der Waals surface area contributed by atoms with Crippen LogP contribution in [-0.4, -0.2) is 21.0 Å². The van der Waals surface area contributed by atoms with Gasteiger partial charge in [-0.15, -0.1) is 0 Å². The van der Waals surface area contributed by atoms with Crippen molar-refractivity contribution >= 4 is 27.9 Å². The van der Waals surface area contributed by atoms with Gasteiger partial charge in [0.25, 0.3) is 0 Å². The van der Waals surface area contributed by atoms with Crippen LogP contribution >= 0.6 is 0 Å². The van der Waals surface area contributed by atoms with E-state index in [1.807, 2.05) is 91.9 Å². The minimum Gasteiger partial charge on any atom is -0.508 e. The normalized spacial score (nSPS) is 11.8. The molecule has 6 aromatic rings. The standard InChI is InChI=1S/C35H24N2O4/c1-20-8-7-11-23(16-20)41-30-18-28(37-21-9-3-2-4-10-21)32-31-27(24-12-5-6-13-25(24)35(32)40)19-36-34(33(30)31)26-15-14-22(38)17-29(26)39/h2-19,37-39H,1H3. The van der Waals surface area contributed by atoms with Crippen LogP contribution in [0, 0.1) is 6.92 Å². The Kier molecular flexibility index (Phi) is 5.68. The van der Waals surface area contributed by atoms with Crippen molar-refractivity contribution in [1.82, 2.24) is 4.98 Å². The molecule has 1 aromatic heterocycles. The number of carbonyl (C=O) groups is 1. The monoisotopic (exact) mass is 536 g/mol. The average Bonchev–Trinajstić information content (AvgIpc) is 2.97. The highest BCUT2D eigenvalue weighted by Gasteiger charge is 2.32. The van der Waals surface area contributed by atoms with Crippen molar-refractivity contribution in [3.63, 3.8) is 0 Å². The van der Waals surface area contributed by atoms with Gasteiger partial charge in [0.15, 0.2) is 5.78 Å². The number of nitrogens with zero attached hydrogens (tertiary/aromatic N) is 1. The Morgan fingerprint density at radius 3 is 2.29 bits per heavy atom. The van der Waals surface area contributed by atoms with E-state index in [1.165, 1.54) is 12.1 Å². The van der Waals surface area contributed by atoms with E-state index in [2.05, 4.69) is 5.32 Å². The highest BCUT2D eigenvalue weighted by molar-refractivity contribution is 6.30. The van der Waals surface area contributed by atoms with Crippen LogP contribution in [0.15, 0.2) is 109 Å². The lowest BCUT2D eigenvalue weighted by molar-refractivity contribution is 0.104. The average molecular weight is 537 g/mol. The summed E-state index contributed by atoms with van der Waals surface area (Å²) in [6, 6.07) is 31.1. The molecule has 6 heteroatoms. The highest BCUT2D eigenvalue weighted by atomic mass is 16.5. The van der Waals surface area contributed by atoms with Crippen molar-refractivity contribution in [2.24, 2.45) is 0 Å². The predicted molar refractivity (Wildman–Crippen MR) is 160 cm³/mol. The molecule has 0 bridgehead atoms. The molecule has 1 heterocycles. The molecule has 7 rings (SSSR count). The lowest BCUT2D eigenvalue weighted by Gasteiger charge is -2.25. The zero-order chi connectivity index (χ0) is 28.1. The van der Waals surface area contributed by atoms with Gasteiger partial charge in [0.2, 0.25) is 0 Å². The Balaban J connectivity index is 1.60. The van der Waals surface area contributed by atoms with Crippen LogP contribution in [0.5, 0.6) is 23.0 Å². The molecule has 41 heavy (non-hydrogen) atoms. The fraction of sp³-hybridized carbons (Fsp3) is 0.0286. The zero-order valence-corrected chi connectivity index (χ0v) is 22.1. The third-order valence-electron chi connectivity index (χ3n) is 7.32. The second-order valence-corrected chi connectivity index (χ2v) is 10.1. The largest absolute Gasteiger partial charge is 0.508 e. The van der Waals surface area contributed by atoms with E-state index in [0.29, 0.717) is 50.3 Å². The van der Waals surface area contributed by atoms with Gasteiger partial charge < -0.3 is 20.3 Å². The molecule has 0 unspecified atom stereocenters. The number of rotatable bonds is 5. The number of hydrogen-bond acceptors (Lipinski definition) is 6. The second-order valence-electron chi connectivity index (χ2n) is 10.1. The molecule has 0 fully saturated rings. The summed E-state index contributed by atoms with van der Waals surface area (Å²) in [5.41, 5.74) is 5.95. The molecular weight excluding hydrogens is 512 g/mol. The van der Waals surface area contributed by atoms with Crippen molar-refractivity contribution in [2.75, 3.05) is 5.32 Å². The molecule has 0 amide bonds. The molecule has 198 valence electrons. The number of para-hydroxylation sites is 1.